The van der Waals surface area contributed by atoms with Crippen molar-refractivity contribution in [1.29, 1.82) is 0 Å². The van der Waals surface area contributed by atoms with Gasteiger partial charge in [0.25, 0.3) is 0 Å². The second kappa shape index (κ2) is 10.9. The zero-order valence-electron chi connectivity index (χ0n) is 19.2. The minimum Gasteiger partial charge on any atom is -0.339 e. The first-order valence-corrected chi connectivity index (χ1v) is 10.2. The van der Waals surface area contributed by atoms with Gasteiger partial charge in [0.1, 0.15) is 0 Å². The lowest BCUT2D eigenvalue weighted by molar-refractivity contribution is -0.461. The summed E-state index contributed by atoms with van der Waals surface area (Å²) in [5, 5.41) is 0. The predicted octanol–water partition coefficient (Wildman–Crippen LogP) is 7.98. The van der Waals surface area contributed by atoms with E-state index in [-0.39, 0.29) is 18.5 Å². The molecule has 0 aliphatic rings. The molecule has 0 rings (SSSR count). The first kappa shape index (κ1) is 36.0. The van der Waals surface area contributed by atoms with Crippen molar-refractivity contribution in [2.24, 2.45) is 0 Å². The summed E-state index contributed by atoms with van der Waals surface area (Å²) in [7, 11) is 0. The van der Waals surface area contributed by atoms with Crippen molar-refractivity contribution in [2.75, 3.05) is 13.1 Å². The third-order valence-electron chi connectivity index (χ3n) is 5.10. The molecular weight excluding hydrogens is 581 g/mol. The van der Waals surface area contributed by atoms with Crippen LogP contribution in [0.25, 0.3) is 0 Å². The van der Waals surface area contributed by atoms with E-state index in [1.807, 2.05) is 0 Å². The number of hydrogen-bond donors (Lipinski definition) is 0. The average molecular weight is 601 g/mol. The van der Waals surface area contributed by atoms with Crippen LogP contribution in [-0.4, -0.2) is 71.5 Å². The van der Waals surface area contributed by atoms with Gasteiger partial charge >= 0.3 is 47.6 Å². The Kier molecular flexibility index (Phi) is 10.3. The van der Waals surface area contributed by atoms with E-state index in [1.165, 1.54) is 6.92 Å². The molecule has 0 aliphatic carbocycles. The number of alkyl halides is 17. The van der Waals surface area contributed by atoms with E-state index in [9.17, 15) is 79.4 Å². The summed E-state index contributed by atoms with van der Waals surface area (Å²) < 4.78 is 225. The molecule has 0 aliphatic heterocycles. The van der Waals surface area contributed by atoms with Crippen molar-refractivity contribution in [3.8, 4) is 0 Å². The summed E-state index contributed by atoms with van der Waals surface area (Å²) in [6.07, 6.45) is -12.0. The molecule has 0 fully saturated rings. The standard InChI is InChI=1S/C19H20F17NO/c1-4-8-37(11(38)10(2)3)9-6-5-7-12(20,21)13(22,23)14(24,25)15(26,27)16(28,29)17(30,31)18(32,33)19(34,35)36/h2,4-9H2,1,3H3. The summed E-state index contributed by atoms with van der Waals surface area (Å²) in [6.45, 7) is 5.53. The predicted molar refractivity (Wildman–Crippen MR) is 96.2 cm³/mol. The topological polar surface area (TPSA) is 20.3 Å². The number of hydrogen-bond acceptors (Lipinski definition) is 1. The highest BCUT2D eigenvalue weighted by Gasteiger charge is 2.95. The molecule has 0 aromatic carbocycles. The van der Waals surface area contributed by atoms with Gasteiger partial charge in [0, 0.05) is 25.1 Å². The minimum atomic E-state index is -8.63. The molecule has 19 heteroatoms. The molecule has 0 aromatic heterocycles. The van der Waals surface area contributed by atoms with Crippen LogP contribution in [0.5, 0.6) is 0 Å². The molecule has 0 saturated carbocycles. The van der Waals surface area contributed by atoms with Crippen LogP contribution in [-0.2, 0) is 4.79 Å². The van der Waals surface area contributed by atoms with Crippen molar-refractivity contribution >= 4 is 5.91 Å². The molecule has 0 unspecified atom stereocenters. The summed E-state index contributed by atoms with van der Waals surface area (Å²) in [5.74, 6) is -57.0. The summed E-state index contributed by atoms with van der Waals surface area (Å²) in [4.78, 5) is 12.8. The van der Waals surface area contributed by atoms with Gasteiger partial charge in [0.15, 0.2) is 0 Å². The van der Waals surface area contributed by atoms with Crippen molar-refractivity contribution in [1.82, 2.24) is 4.90 Å². The van der Waals surface area contributed by atoms with Crippen LogP contribution < -0.4 is 0 Å². The zero-order valence-corrected chi connectivity index (χ0v) is 19.2. The minimum absolute atomic E-state index is 0.0333. The van der Waals surface area contributed by atoms with E-state index in [1.54, 1.807) is 6.92 Å². The van der Waals surface area contributed by atoms with Gasteiger partial charge in [0.05, 0.1) is 0 Å². The van der Waals surface area contributed by atoms with Crippen molar-refractivity contribution in [3.05, 3.63) is 12.2 Å². The molecule has 0 N–H and O–H groups in total. The van der Waals surface area contributed by atoms with Crippen LogP contribution in [0.1, 0.15) is 39.5 Å². The van der Waals surface area contributed by atoms with E-state index >= 15 is 0 Å². The number of amides is 1. The van der Waals surface area contributed by atoms with Crippen molar-refractivity contribution in [3.63, 3.8) is 0 Å². The third kappa shape index (κ3) is 5.79. The molecule has 0 radical (unpaired) electrons. The highest BCUT2D eigenvalue weighted by molar-refractivity contribution is 5.92. The second-order valence-corrected chi connectivity index (χ2v) is 8.18. The normalized spacial score (nSPS) is 15.0. The molecular formula is C19H20F17NO. The van der Waals surface area contributed by atoms with E-state index in [0.717, 1.165) is 4.90 Å². The molecule has 1 amide bonds. The van der Waals surface area contributed by atoms with Gasteiger partial charge in [-0.05, 0) is 26.2 Å². The van der Waals surface area contributed by atoms with E-state index in [2.05, 4.69) is 6.58 Å². The van der Waals surface area contributed by atoms with Gasteiger partial charge in [-0.3, -0.25) is 4.79 Å². The first-order chi connectivity index (χ1) is 16.5. The van der Waals surface area contributed by atoms with Gasteiger partial charge in [-0.25, -0.2) is 0 Å². The number of carbonyl (C=O) groups is 1. The lowest BCUT2D eigenvalue weighted by Crippen LogP contribution is -2.74. The van der Waals surface area contributed by atoms with E-state index in [0.29, 0.717) is 0 Å². The second-order valence-electron chi connectivity index (χ2n) is 8.18. The van der Waals surface area contributed by atoms with Crippen LogP contribution >= 0.6 is 0 Å². The van der Waals surface area contributed by atoms with Crippen molar-refractivity contribution in [2.45, 2.75) is 87.2 Å². The lowest BCUT2D eigenvalue weighted by Gasteiger charge is -2.42. The summed E-state index contributed by atoms with van der Waals surface area (Å²) >= 11 is 0. The maximum Gasteiger partial charge on any atom is 0.460 e. The van der Waals surface area contributed by atoms with E-state index < -0.39 is 79.3 Å². The van der Waals surface area contributed by atoms with Gasteiger partial charge in [-0.15, -0.1) is 0 Å². The van der Waals surface area contributed by atoms with Crippen LogP contribution in [0.2, 0.25) is 0 Å². The fraction of sp³-hybridized carbons (Fsp3) is 0.842. The molecule has 0 saturated heterocycles. The van der Waals surface area contributed by atoms with Crippen LogP contribution in [0.15, 0.2) is 12.2 Å². The Morgan fingerprint density at radius 1 is 0.605 bits per heavy atom. The molecule has 0 heterocycles. The van der Waals surface area contributed by atoms with Crippen molar-refractivity contribution < 1.29 is 79.4 Å². The monoisotopic (exact) mass is 601 g/mol. The smallest absolute Gasteiger partial charge is 0.339 e. The van der Waals surface area contributed by atoms with Gasteiger partial charge < -0.3 is 4.90 Å². The maximum absolute atomic E-state index is 13.9. The zero-order chi connectivity index (χ0) is 31.0. The number of unbranched alkanes of at least 4 members (excludes halogenated alkanes) is 1. The van der Waals surface area contributed by atoms with Crippen LogP contribution in [0.4, 0.5) is 74.6 Å². The Morgan fingerprint density at radius 2 is 0.974 bits per heavy atom. The summed E-state index contributed by atoms with van der Waals surface area (Å²) in [6, 6.07) is 0. The molecule has 38 heavy (non-hydrogen) atoms. The highest BCUT2D eigenvalue weighted by Crippen LogP contribution is 2.64. The third-order valence-corrected chi connectivity index (χ3v) is 5.10. The Bertz CT molecular complexity index is 847. The highest BCUT2D eigenvalue weighted by atomic mass is 19.4. The number of halogens is 17. The quantitative estimate of drug-likeness (QED) is 0.112. The Morgan fingerprint density at radius 3 is 1.32 bits per heavy atom. The van der Waals surface area contributed by atoms with E-state index in [4.69, 9.17) is 0 Å². The fourth-order valence-corrected chi connectivity index (χ4v) is 2.86. The first-order valence-electron chi connectivity index (χ1n) is 10.2. The molecule has 0 bridgehead atoms. The molecule has 0 spiro atoms. The largest absolute Gasteiger partial charge is 0.460 e. The van der Waals surface area contributed by atoms with Gasteiger partial charge in [-0.1, -0.05) is 13.5 Å². The number of carbonyl (C=O) groups excluding carboxylic acids is 1. The summed E-state index contributed by atoms with van der Waals surface area (Å²) in [5.41, 5.74) is -0.0639. The number of rotatable bonds is 14. The number of nitrogens with zero attached hydrogens (tertiary/aromatic N) is 1. The molecule has 0 atom stereocenters. The average Bonchev–Trinajstić information content (AvgIpc) is 2.73. The van der Waals surface area contributed by atoms with Crippen LogP contribution in [0.3, 0.4) is 0 Å². The molecule has 0 aromatic rings. The van der Waals surface area contributed by atoms with Gasteiger partial charge in [-0.2, -0.15) is 74.6 Å². The molecule has 2 nitrogen and oxygen atoms in total. The Balaban J connectivity index is 6.08. The Hall–Kier alpha value is -1.98. The molecule has 226 valence electrons. The SMILES string of the molecule is C=C(C)C(=O)N(CCC)CCCCC(F)(F)C(F)(F)C(F)(F)C(F)(F)C(F)(F)C(F)(F)C(F)(F)C(F)(F)F. The maximum atomic E-state index is 13.9. The lowest BCUT2D eigenvalue weighted by atomic mass is 9.88. The van der Waals surface area contributed by atoms with Gasteiger partial charge in [0.2, 0.25) is 5.91 Å². The fourth-order valence-electron chi connectivity index (χ4n) is 2.86. The Labute approximate surface area is 203 Å². The van der Waals surface area contributed by atoms with Crippen LogP contribution in [0, 0.1) is 0 Å².